The molecule has 0 radical (unpaired) electrons. The van der Waals surface area contributed by atoms with Crippen molar-refractivity contribution >= 4 is 0 Å². The summed E-state index contributed by atoms with van der Waals surface area (Å²) in [6, 6.07) is 2.15. The summed E-state index contributed by atoms with van der Waals surface area (Å²) in [5, 5.41) is 7.55. The molecule has 0 bridgehead atoms. The van der Waals surface area contributed by atoms with Gasteiger partial charge in [-0.1, -0.05) is 18.0 Å². The van der Waals surface area contributed by atoms with Crippen LogP contribution < -0.4 is 5.32 Å². The first kappa shape index (κ1) is 12.3. The fourth-order valence-corrected chi connectivity index (χ4v) is 2.42. The molecule has 0 spiro atoms. The van der Waals surface area contributed by atoms with E-state index < -0.39 is 0 Å². The average molecular weight is 258 g/mol. The molecule has 1 atom stereocenters. The SMILES string of the molecule is Cc1ccncc1-c1noc(C2CCCCCN2)n1. The van der Waals surface area contributed by atoms with Gasteiger partial charge >= 0.3 is 0 Å². The van der Waals surface area contributed by atoms with Crippen molar-refractivity contribution in [3.8, 4) is 11.4 Å². The van der Waals surface area contributed by atoms with Gasteiger partial charge in [0.2, 0.25) is 11.7 Å². The van der Waals surface area contributed by atoms with Gasteiger partial charge in [0.05, 0.1) is 6.04 Å². The van der Waals surface area contributed by atoms with Crippen molar-refractivity contribution < 1.29 is 4.52 Å². The minimum absolute atomic E-state index is 0.195. The van der Waals surface area contributed by atoms with Crippen LogP contribution in [0.2, 0.25) is 0 Å². The van der Waals surface area contributed by atoms with Gasteiger partial charge < -0.3 is 9.84 Å². The van der Waals surface area contributed by atoms with Crippen molar-refractivity contribution in [1.29, 1.82) is 0 Å². The highest BCUT2D eigenvalue weighted by Gasteiger charge is 2.20. The van der Waals surface area contributed by atoms with Crippen LogP contribution in [0.5, 0.6) is 0 Å². The summed E-state index contributed by atoms with van der Waals surface area (Å²) in [6.07, 6.45) is 8.32. The summed E-state index contributed by atoms with van der Waals surface area (Å²) in [6.45, 7) is 3.05. The number of nitrogens with one attached hydrogen (secondary N) is 1. The highest BCUT2D eigenvalue weighted by Crippen LogP contribution is 2.24. The number of aromatic nitrogens is 3. The van der Waals surface area contributed by atoms with Crippen molar-refractivity contribution in [3.63, 3.8) is 0 Å². The van der Waals surface area contributed by atoms with Crippen LogP contribution in [-0.2, 0) is 0 Å². The molecule has 2 aromatic heterocycles. The Balaban J connectivity index is 1.85. The van der Waals surface area contributed by atoms with Crippen molar-refractivity contribution in [2.75, 3.05) is 6.54 Å². The normalized spacial score (nSPS) is 20.2. The molecule has 19 heavy (non-hydrogen) atoms. The Kier molecular flexibility index (Phi) is 3.55. The van der Waals surface area contributed by atoms with Crippen LogP contribution in [0.4, 0.5) is 0 Å². The second-order valence-corrected chi connectivity index (χ2v) is 5.00. The van der Waals surface area contributed by atoms with E-state index in [1.165, 1.54) is 19.3 Å². The number of aryl methyl sites for hydroxylation is 1. The molecular weight excluding hydrogens is 240 g/mol. The quantitative estimate of drug-likeness (QED) is 0.897. The highest BCUT2D eigenvalue weighted by molar-refractivity contribution is 5.57. The number of rotatable bonds is 2. The largest absolute Gasteiger partial charge is 0.337 e. The van der Waals surface area contributed by atoms with Crippen LogP contribution in [-0.4, -0.2) is 21.7 Å². The molecule has 0 aliphatic carbocycles. The van der Waals surface area contributed by atoms with Crippen molar-refractivity contribution in [3.05, 3.63) is 29.9 Å². The Labute approximate surface area is 112 Å². The van der Waals surface area contributed by atoms with E-state index in [9.17, 15) is 0 Å². The van der Waals surface area contributed by atoms with E-state index in [1.807, 2.05) is 13.0 Å². The summed E-state index contributed by atoms with van der Waals surface area (Å²) >= 11 is 0. The second-order valence-electron chi connectivity index (χ2n) is 5.00. The lowest BCUT2D eigenvalue weighted by Crippen LogP contribution is -2.20. The molecule has 1 aliphatic rings. The zero-order chi connectivity index (χ0) is 13.1. The molecule has 1 saturated heterocycles. The number of pyridine rings is 1. The van der Waals surface area contributed by atoms with E-state index >= 15 is 0 Å². The molecule has 0 aromatic carbocycles. The average Bonchev–Trinajstić information content (AvgIpc) is 2.75. The first-order chi connectivity index (χ1) is 9.34. The van der Waals surface area contributed by atoms with Gasteiger partial charge in [-0.15, -0.1) is 0 Å². The summed E-state index contributed by atoms with van der Waals surface area (Å²) in [4.78, 5) is 8.65. The minimum atomic E-state index is 0.195. The molecule has 3 rings (SSSR count). The van der Waals surface area contributed by atoms with E-state index in [0.29, 0.717) is 11.7 Å². The Morgan fingerprint density at radius 1 is 1.32 bits per heavy atom. The fourth-order valence-electron chi connectivity index (χ4n) is 2.42. The highest BCUT2D eigenvalue weighted by atomic mass is 16.5. The van der Waals surface area contributed by atoms with Gasteiger partial charge in [-0.25, -0.2) is 0 Å². The molecule has 1 unspecified atom stereocenters. The van der Waals surface area contributed by atoms with Gasteiger partial charge in [-0.05, 0) is 37.9 Å². The number of nitrogens with zero attached hydrogens (tertiary/aromatic N) is 3. The molecule has 0 amide bonds. The summed E-state index contributed by atoms with van der Waals surface area (Å²) in [5.74, 6) is 1.33. The third kappa shape index (κ3) is 2.66. The monoisotopic (exact) mass is 258 g/mol. The molecule has 1 N–H and O–H groups in total. The first-order valence-corrected chi connectivity index (χ1v) is 6.82. The van der Waals surface area contributed by atoms with Crippen LogP contribution >= 0.6 is 0 Å². The molecule has 0 saturated carbocycles. The molecule has 1 fully saturated rings. The maximum Gasteiger partial charge on any atom is 0.244 e. The topological polar surface area (TPSA) is 63.8 Å². The Morgan fingerprint density at radius 3 is 3.16 bits per heavy atom. The van der Waals surface area contributed by atoms with E-state index in [2.05, 4.69) is 20.4 Å². The Hall–Kier alpha value is -1.75. The van der Waals surface area contributed by atoms with Gasteiger partial charge in [0.1, 0.15) is 0 Å². The summed E-state index contributed by atoms with van der Waals surface area (Å²) in [7, 11) is 0. The molecule has 3 heterocycles. The predicted octanol–water partition coefficient (Wildman–Crippen LogP) is 2.64. The molecule has 100 valence electrons. The standard InChI is InChI=1S/C14H18N4O/c1-10-6-8-15-9-11(10)13-17-14(19-18-13)12-5-3-2-4-7-16-12/h6,8-9,12,16H,2-5,7H2,1H3. The van der Waals surface area contributed by atoms with Crippen molar-refractivity contribution in [1.82, 2.24) is 20.4 Å². The second kappa shape index (κ2) is 5.48. The third-order valence-corrected chi connectivity index (χ3v) is 3.58. The molecule has 2 aromatic rings. The lowest BCUT2D eigenvalue weighted by molar-refractivity contribution is 0.327. The summed E-state index contributed by atoms with van der Waals surface area (Å²) in [5.41, 5.74) is 2.04. The van der Waals surface area contributed by atoms with Crippen LogP contribution in [0.3, 0.4) is 0 Å². The van der Waals surface area contributed by atoms with Gasteiger partial charge in [0.15, 0.2) is 0 Å². The smallest absolute Gasteiger partial charge is 0.244 e. The van der Waals surface area contributed by atoms with Crippen LogP contribution in [0.25, 0.3) is 11.4 Å². The molecule has 1 aliphatic heterocycles. The summed E-state index contributed by atoms with van der Waals surface area (Å²) < 4.78 is 5.42. The molecular formula is C14H18N4O. The van der Waals surface area contributed by atoms with Gasteiger partial charge in [-0.2, -0.15) is 4.98 Å². The molecule has 5 heteroatoms. The third-order valence-electron chi connectivity index (χ3n) is 3.58. The predicted molar refractivity (Wildman–Crippen MR) is 71.5 cm³/mol. The lowest BCUT2D eigenvalue weighted by Gasteiger charge is -2.09. The van der Waals surface area contributed by atoms with E-state index in [-0.39, 0.29) is 6.04 Å². The van der Waals surface area contributed by atoms with Crippen LogP contribution in [0.15, 0.2) is 23.0 Å². The lowest BCUT2D eigenvalue weighted by atomic mass is 10.1. The van der Waals surface area contributed by atoms with Gasteiger partial charge in [0, 0.05) is 18.0 Å². The van der Waals surface area contributed by atoms with Gasteiger partial charge in [0.25, 0.3) is 0 Å². The number of hydrogen-bond acceptors (Lipinski definition) is 5. The van der Waals surface area contributed by atoms with E-state index in [0.717, 1.165) is 24.1 Å². The fraction of sp³-hybridized carbons (Fsp3) is 0.500. The maximum atomic E-state index is 5.42. The molecule has 5 nitrogen and oxygen atoms in total. The zero-order valence-electron chi connectivity index (χ0n) is 11.1. The van der Waals surface area contributed by atoms with Crippen LogP contribution in [0, 0.1) is 6.92 Å². The van der Waals surface area contributed by atoms with Crippen molar-refractivity contribution in [2.45, 2.75) is 38.6 Å². The maximum absolute atomic E-state index is 5.42. The van der Waals surface area contributed by atoms with Crippen LogP contribution in [0.1, 0.15) is 43.2 Å². The van der Waals surface area contributed by atoms with Gasteiger partial charge in [-0.3, -0.25) is 4.98 Å². The Morgan fingerprint density at radius 2 is 2.26 bits per heavy atom. The number of hydrogen-bond donors (Lipinski definition) is 1. The first-order valence-electron chi connectivity index (χ1n) is 6.82. The van der Waals surface area contributed by atoms with Crippen molar-refractivity contribution in [2.24, 2.45) is 0 Å². The van der Waals surface area contributed by atoms with E-state index in [4.69, 9.17) is 4.52 Å². The van der Waals surface area contributed by atoms with E-state index in [1.54, 1.807) is 12.4 Å². The zero-order valence-corrected chi connectivity index (χ0v) is 11.1. The Bertz CT molecular complexity index is 544. The minimum Gasteiger partial charge on any atom is -0.337 e.